The Morgan fingerprint density at radius 2 is 1.84 bits per heavy atom. The number of carbonyl (C=O) groups is 1. The molecule has 128 valence electrons. The number of aromatic amines is 1. The number of anilines is 1. The number of aryl methyl sites for hydroxylation is 2. The van der Waals surface area contributed by atoms with E-state index in [2.05, 4.69) is 20.5 Å². The molecule has 0 aliphatic rings. The molecule has 7 heteroatoms. The van der Waals surface area contributed by atoms with E-state index in [1.165, 1.54) is 11.8 Å². The molecular weight excluding hydrogens is 356 g/mol. The molecule has 5 nitrogen and oxygen atoms in total. The third-order valence-electron chi connectivity index (χ3n) is 3.66. The van der Waals surface area contributed by atoms with Crippen LogP contribution in [-0.2, 0) is 4.79 Å². The van der Waals surface area contributed by atoms with Crippen molar-refractivity contribution in [1.82, 2.24) is 15.2 Å². The van der Waals surface area contributed by atoms with Gasteiger partial charge in [0.05, 0.1) is 5.75 Å². The van der Waals surface area contributed by atoms with Gasteiger partial charge in [-0.1, -0.05) is 41.6 Å². The highest BCUT2D eigenvalue weighted by Crippen LogP contribution is 2.22. The van der Waals surface area contributed by atoms with Gasteiger partial charge in [-0.05, 0) is 49.2 Å². The maximum Gasteiger partial charge on any atom is 0.234 e. The molecule has 25 heavy (non-hydrogen) atoms. The number of hydrogen-bond donors (Lipinski definition) is 2. The largest absolute Gasteiger partial charge is 0.325 e. The Hall–Kier alpha value is -2.31. The first kappa shape index (κ1) is 17.5. The van der Waals surface area contributed by atoms with Gasteiger partial charge in [0.25, 0.3) is 0 Å². The molecule has 0 aliphatic carbocycles. The van der Waals surface area contributed by atoms with Crippen LogP contribution >= 0.6 is 23.4 Å². The predicted molar refractivity (Wildman–Crippen MR) is 102 cm³/mol. The molecule has 0 saturated heterocycles. The minimum atomic E-state index is -0.0831. The monoisotopic (exact) mass is 372 g/mol. The smallest absolute Gasteiger partial charge is 0.234 e. The van der Waals surface area contributed by atoms with Crippen molar-refractivity contribution in [2.24, 2.45) is 0 Å². The van der Waals surface area contributed by atoms with Crippen molar-refractivity contribution in [2.75, 3.05) is 11.1 Å². The van der Waals surface area contributed by atoms with Gasteiger partial charge in [0.15, 0.2) is 5.82 Å². The Kier molecular flexibility index (Phi) is 5.40. The van der Waals surface area contributed by atoms with E-state index in [9.17, 15) is 4.79 Å². The minimum absolute atomic E-state index is 0.0831. The number of nitrogens with zero attached hydrogens (tertiary/aromatic N) is 2. The summed E-state index contributed by atoms with van der Waals surface area (Å²) >= 11 is 7.17. The highest BCUT2D eigenvalue weighted by Gasteiger charge is 2.11. The van der Waals surface area contributed by atoms with E-state index < -0.39 is 0 Å². The number of carbonyl (C=O) groups excluding carboxylic acids is 1. The standard InChI is InChI=1S/C18H17ClN4OS/c1-11-4-3-5-12(2)16(11)20-15(24)10-25-18-21-17(22-23-18)13-6-8-14(19)9-7-13/h3-9H,10H2,1-2H3,(H,20,24)(H,21,22,23). The second-order valence-electron chi connectivity index (χ2n) is 5.58. The summed E-state index contributed by atoms with van der Waals surface area (Å²) in [5.74, 6) is 0.806. The Balaban J connectivity index is 1.60. The van der Waals surface area contributed by atoms with Crippen LogP contribution in [0.15, 0.2) is 47.6 Å². The summed E-state index contributed by atoms with van der Waals surface area (Å²) in [4.78, 5) is 16.6. The van der Waals surface area contributed by atoms with Crippen LogP contribution in [0.3, 0.4) is 0 Å². The fraction of sp³-hybridized carbons (Fsp3) is 0.167. The maximum atomic E-state index is 12.2. The number of aromatic nitrogens is 3. The average Bonchev–Trinajstić information content (AvgIpc) is 3.06. The quantitative estimate of drug-likeness (QED) is 0.648. The summed E-state index contributed by atoms with van der Waals surface area (Å²) in [5, 5.41) is 11.2. The average molecular weight is 373 g/mol. The Labute approximate surface area is 155 Å². The molecule has 0 atom stereocenters. The second-order valence-corrected chi connectivity index (χ2v) is 6.96. The lowest BCUT2D eigenvalue weighted by molar-refractivity contribution is -0.113. The van der Waals surface area contributed by atoms with Crippen molar-refractivity contribution in [3.8, 4) is 11.4 Å². The van der Waals surface area contributed by atoms with E-state index in [-0.39, 0.29) is 11.7 Å². The van der Waals surface area contributed by atoms with Crippen LogP contribution in [0, 0.1) is 13.8 Å². The first-order valence-corrected chi connectivity index (χ1v) is 9.06. The maximum absolute atomic E-state index is 12.2. The highest BCUT2D eigenvalue weighted by atomic mass is 35.5. The molecule has 2 N–H and O–H groups in total. The molecule has 3 rings (SSSR count). The van der Waals surface area contributed by atoms with Gasteiger partial charge < -0.3 is 5.32 Å². The van der Waals surface area contributed by atoms with E-state index in [1.54, 1.807) is 12.1 Å². The Morgan fingerprint density at radius 1 is 1.16 bits per heavy atom. The summed E-state index contributed by atoms with van der Waals surface area (Å²) in [6, 6.07) is 13.2. The summed E-state index contributed by atoms with van der Waals surface area (Å²) in [5.41, 5.74) is 3.84. The number of thioether (sulfide) groups is 1. The Bertz CT molecular complexity index is 872. The number of hydrogen-bond acceptors (Lipinski definition) is 4. The van der Waals surface area contributed by atoms with Gasteiger partial charge in [0.1, 0.15) is 0 Å². The molecule has 0 bridgehead atoms. The fourth-order valence-corrected chi connectivity index (χ4v) is 3.09. The zero-order valence-electron chi connectivity index (χ0n) is 13.8. The van der Waals surface area contributed by atoms with Crippen LogP contribution in [-0.4, -0.2) is 26.8 Å². The fourth-order valence-electron chi connectivity index (χ4n) is 2.37. The van der Waals surface area contributed by atoms with Crippen molar-refractivity contribution in [2.45, 2.75) is 19.0 Å². The third-order valence-corrected chi connectivity index (χ3v) is 4.76. The van der Waals surface area contributed by atoms with Crippen LogP contribution in [0.4, 0.5) is 5.69 Å². The van der Waals surface area contributed by atoms with Gasteiger partial charge >= 0.3 is 0 Å². The lowest BCUT2D eigenvalue weighted by Crippen LogP contribution is -2.15. The van der Waals surface area contributed by atoms with Crippen LogP contribution in [0.5, 0.6) is 0 Å². The Morgan fingerprint density at radius 3 is 2.52 bits per heavy atom. The molecule has 0 spiro atoms. The molecule has 0 saturated carbocycles. The minimum Gasteiger partial charge on any atom is -0.325 e. The van der Waals surface area contributed by atoms with Crippen LogP contribution < -0.4 is 5.32 Å². The van der Waals surface area contributed by atoms with Gasteiger partial charge in [0, 0.05) is 16.3 Å². The predicted octanol–water partition coefficient (Wildman–Crippen LogP) is 4.47. The summed E-state index contributed by atoms with van der Waals surface area (Å²) in [6.45, 7) is 3.95. The summed E-state index contributed by atoms with van der Waals surface area (Å²) < 4.78 is 0. The van der Waals surface area contributed by atoms with Gasteiger partial charge in [-0.25, -0.2) is 4.98 Å². The zero-order valence-corrected chi connectivity index (χ0v) is 15.4. The topological polar surface area (TPSA) is 70.7 Å². The van der Waals surface area contributed by atoms with Gasteiger partial charge in [-0.2, -0.15) is 0 Å². The molecule has 1 amide bonds. The lowest BCUT2D eigenvalue weighted by Gasteiger charge is -2.10. The lowest BCUT2D eigenvalue weighted by atomic mass is 10.1. The molecule has 0 unspecified atom stereocenters. The number of rotatable bonds is 5. The second kappa shape index (κ2) is 7.72. The number of nitrogens with one attached hydrogen (secondary N) is 2. The molecule has 3 aromatic rings. The number of para-hydroxylation sites is 1. The van der Waals surface area contributed by atoms with Crippen molar-refractivity contribution >= 4 is 35.0 Å². The first-order chi connectivity index (χ1) is 12.0. The summed E-state index contributed by atoms with van der Waals surface area (Å²) in [7, 11) is 0. The van der Waals surface area contributed by atoms with E-state index >= 15 is 0 Å². The molecular formula is C18H17ClN4OS. The normalized spacial score (nSPS) is 10.7. The molecule has 0 fully saturated rings. The molecule has 0 radical (unpaired) electrons. The number of amides is 1. The first-order valence-electron chi connectivity index (χ1n) is 7.70. The molecule has 0 aliphatic heterocycles. The van der Waals surface area contributed by atoms with Gasteiger partial charge in [-0.15, -0.1) is 5.10 Å². The van der Waals surface area contributed by atoms with Crippen LogP contribution in [0.2, 0.25) is 5.02 Å². The number of benzene rings is 2. The summed E-state index contributed by atoms with van der Waals surface area (Å²) in [6.07, 6.45) is 0. The van der Waals surface area contributed by atoms with Crippen molar-refractivity contribution in [3.63, 3.8) is 0 Å². The van der Waals surface area contributed by atoms with Crippen molar-refractivity contribution in [3.05, 3.63) is 58.6 Å². The highest BCUT2D eigenvalue weighted by molar-refractivity contribution is 7.99. The number of H-pyrrole nitrogens is 1. The van der Waals surface area contributed by atoms with Crippen molar-refractivity contribution < 1.29 is 4.79 Å². The SMILES string of the molecule is Cc1cccc(C)c1NC(=O)CSc1n[nH]c(-c2ccc(Cl)cc2)n1. The number of halogens is 1. The zero-order chi connectivity index (χ0) is 17.8. The van der Waals surface area contributed by atoms with E-state index in [0.717, 1.165) is 22.4 Å². The molecule has 2 aromatic carbocycles. The third kappa shape index (κ3) is 4.41. The van der Waals surface area contributed by atoms with Crippen LogP contribution in [0.1, 0.15) is 11.1 Å². The molecule has 1 aromatic heterocycles. The van der Waals surface area contributed by atoms with E-state index in [1.807, 2.05) is 44.2 Å². The molecule has 1 heterocycles. The van der Waals surface area contributed by atoms with E-state index in [0.29, 0.717) is 16.0 Å². The van der Waals surface area contributed by atoms with E-state index in [4.69, 9.17) is 11.6 Å². The van der Waals surface area contributed by atoms with Gasteiger partial charge in [-0.3, -0.25) is 9.89 Å². The van der Waals surface area contributed by atoms with Gasteiger partial charge in [0.2, 0.25) is 11.1 Å². The van der Waals surface area contributed by atoms with Crippen molar-refractivity contribution in [1.29, 1.82) is 0 Å². The van der Waals surface area contributed by atoms with Crippen LogP contribution in [0.25, 0.3) is 11.4 Å².